The lowest BCUT2D eigenvalue weighted by Gasteiger charge is -2.25. The van der Waals surface area contributed by atoms with Crippen LogP contribution in [0.2, 0.25) is 0 Å². The second-order valence-corrected chi connectivity index (χ2v) is 7.01. The zero-order chi connectivity index (χ0) is 19.7. The number of ether oxygens (including phenoxy) is 2. The number of hydrogen-bond acceptors (Lipinski definition) is 7. The zero-order valence-corrected chi connectivity index (χ0v) is 15.6. The Labute approximate surface area is 163 Å². The van der Waals surface area contributed by atoms with Crippen molar-refractivity contribution in [1.29, 1.82) is 0 Å². The Morgan fingerprint density at radius 1 is 1.29 bits per heavy atom. The quantitative estimate of drug-likeness (QED) is 0.530. The van der Waals surface area contributed by atoms with E-state index >= 15 is 0 Å². The van der Waals surface area contributed by atoms with Crippen LogP contribution in [0.15, 0.2) is 47.8 Å². The predicted octanol–water partition coefficient (Wildman–Crippen LogP) is 3.81. The Hall–Kier alpha value is -3.46. The number of anilines is 1. The molecule has 0 saturated carbocycles. The summed E-state index contributed by atoms with van der Waals surface area (Å²) in [4.78, 5) is 27.5. The molecule has 1 aliphatic heterocycles. The molecule has 0 aliphatic carbocycles. The third kappa shape index (κ3) is 3.52. The normalized spacial score (nSPS) is 15.1. The monoisotopic (exact) mass is 397 g/mol. The van der Waals surface area contributed by atoms with Gasteiger partial charge in [-0.05, 0) is 19.1 Å². The molecule has 2 aromatic carbocycles. The van der Waals surface area contributed by atoms with Crippen molar-refractivity contribution in [1.82, 2.24) is 4.98 Å². The van der Waals surface area contributed by atoms with Crippen LogP contribution in [0.25, 0.3) is 11.3 Å². The van der Waals surface area contributed by atoms with Crippen LogP contribution in [0.5, 0.6) is 11.5 Å². The minimum absolute atomic E-state index is 0.0301. The Bertz CT molecular complexity index is 1070. The summed E-state index contributed by atoms with van der Waals surface area (Å²) in [6.45, 7) is 1.78. The van der Waals surface area contributed by atoms with Gasteiger partial charge in [0, 0.05) is 22.6 Å². The molecule has 8 nitrogen and oxygen atoms in total. The summed E-state index contributed by atoms with van der Waals surface area (Å²) < 4.78 is 11.2. The van der Waals surface area contributed by atoms with Gasteiger partial charge < -0.3 is 9.47 Å². The molecule has 1 aromatic heterocycles. The molecule has 0 radical (unpaired) electrons. The Morgan fingerprint density at radius 2 is 2.07 bits per heavy atom. The number of carbonyl (C=O) groups excluding carboxylic acids is 1. The first-order valence-corrected chi connectivity index (χ1v) is 9.29. The number of amides is 1. The molecule has 0 saturated heterocycles. The summed E-state index contributed by atoms with van der Waals surface area (Å²) in [5.41, 5.74) is 1.77. The average molecular weight is 397 g/mol. The lowest BCUT2D eigenvalue weighted by Crippen LogP contribution is -2.40. The maximum Gasteiger partial charge on any atom is 0.272 e. The van der Waals surface area contributed by atoms with Gasteiger partial charge in [0.15, 0.2) is 16.6 Å². The topological polar surface area (TPSA) is 104 Å². The number of hydrogen-bond donors (Lipinski definition) is 1. The third-order valence-corrected chi connectivity index (χ3v) is 4.99. The summed E-state index contributed by atoms with van der Waals surface area (Å²) in [7, 11) is 0. The van der Waals surface area contributed by atoms with Crippen LogP contribution in [-0.4, -0.2) is 28.5 Å². The lowest BCUT2D eigenvalue weighted by atomic mass is 10.1. The van der Waals surface area contributed by atoms with E-state index in [1.54, 1.807) is 42.6 Å². The van der Waals surface area contributed by atoms with E-state index in [2.05, 4.69) is 10.3 Å². The maximum atomic E-state index is 12.5. The molecular weight excluding hydrogens is 382 g/mol. The number of rotatable bonds is 4. The van der Waals surface area contributed by atoms with Crippen molar-refractivity contribution >= 4 is 28.1 Å². The van der Waals surface area contributed by atoms with Crippen LogP contribution in [-0.2, 0) is 4.79 Å². The van der Waals surface area contributed by atoms with Crippen LogP contribution >= 0.6 is 11.3 Å². The second-order valence-electron chi connectivity index (χ2n) is 6.15. The van der Waals surface area contributed by atoms with E-state index in [4.69, 9.17) is 9.47 Å². The molecule has 0 fully saturated rings. The van der Waals surface area contributed by atoms with Crippen LogP contribution in [0.3, 0.4) is 0 Å². The molecule has 9 heteroatoms. The van der Waals surface area contributed by atoms with Gasteiger partial charge in [-0.15, -0.1) is 11.3 Å². The summed E-state index contributed by atoms with van der Waals surface area (Å²) in [6, 6.07) is 12.1. The fourth-order valence-corrected chi connectivity index (χ4v) is 3.49. The highest BCUT2D eigenvalue weighted by Gasteiger charge is 2.28. The van der Waals surface area contributed by atoms with Gasteiger partial charge in [0.2, 0.25) is 6.10 Å². The Morgan fingerprint density at radius 3 is 2.86 bits per heavy atom. The van der Waals surface area contributed by atoms with Gasteiger partial charge in [0.25, 0.3) is 11.6 Å². The van der Waals surface area contributed by atoms with Crippen molar-refractivity contribution in [2.45, 2.75) is 13.0 Å². The smallest absolute Gasteiger partial charge is 0.272 e. The molecule has 0 spiro atoms. The maximum absolute atomic E-state index is 12.5. The number of nitrogens with zero attached hydrogens (tertiary/aromatic N) is 2. The van der Waals surface area contributed by atoms with Crippen molar-refractivity contribution < 1.29 is 19.2 Å². The van der Waals surface area contributed by atoms with Crippen LogP contribution in [0, 0.1) is 17.0 Å². The van der Waals surface area contributed by atoms with Gasteiger partial charge >= 0.3 is 0 Å². The molecule has 142 valence electrons. The highest BCUT2D eigenvalue weighted by molar-refractivity contribution is 7.14. The first-order chi connectivity index (χ1) is 13.5. The van der Waals surface area contributed by atoms with E-state index in [0.717, 1.165) is 0 Å². The van der Waals surface area contributed by atoms with E-state index in [-0.39, 0.29) is 18.2 Å². The van der Waals surface area contributed by atoms with E-state index in [9.17, 15) is 14.9 Å². The number of benzene rings is 2. The van der Waals surface area contributed by atoms with Gasteiger partial charge in [-0.1, -0.05) is 24.3 Å². The molecule has 1 unspecified atom stereocenters. The molecule has 1 N–H and O–H groups in total. The van der Waals surface area contributed by atoms with Gasteiger partial charge in [-0.25, -0.2) is 4.98 Å². The minimum Gasteiger partial charge on any atom is -0.485 e. The summed E-state index contributed by atoms with van der Waals surface area (Å²) in [6.07, 6.45) is -0.789. The number of aryl methyl sites for hydroxylation is 1. The van der Waals surface area contributed by atoms with E-state index in [1.165, 1.54) is 17.4 Å². The number of carbonyl (C=O) groups is 1. The number of thiazole rings is 1. The van der Waals surface area contributed by atoms with Gasteiger partial charge in [0.05, 0.1) is 10.6 Å². The average Bonchev–Trinajstić information content (AvgIpc) is 3.16. The standard InChI is InChI=1S/C19H15N3O5S/c1-11-6-7-12(8-14(11)22(24)25)13-10-28-19(20-13)21-18(23)17-9-26-15-4-2-3-5-16(15)27-17/h2-8,10,17H,9H2,1H3,(H,20,21,23). The van der Waals surface area contributed by atoms with Crippen molar-refractivity contribution in [3.63, 3.8) is 0 Å². The van der Waals surface area contributed by atoms with E-state index < -0.39 is 11.0 Å². The molecule has 4 rings (SSSR count). The summed E-state index contributed by atoms with van der Waals surface area (Å²) >= 11 is 1.23. The number of nitrogens with one attached hydrogen (secondary N) is 1. The SMILES string of the molecule is Cc1ccc(-c2csc(NC(=O)C3COc4ccccc4O3)n2)cc1[N+](=O)[O-]. The first-order valence-electron chi connectivity index (χ1n) is 8.41. The number of aromatic nitrogens is 1. The van der Waals surface area contributed by atoms with Crippen molar-refractivity contribution in [3.05, 3.63) is 63.5 Å². The Kier molecular flexibility index (Phi) is 4.66. The van der Waals surface area contributed by atoms with E-state index in [0.29, 0.717) is 33.5 Å². The predicted molar refractivity (Wildman–Crippen MR) is 104 cm³/mol. The molecule has 1 aliphatic rings. The second kappa shape index (κ2) is 7.28. The number of fused-ring (bicyclic) bond motifs is 1. The summed E-state index contributed by atoms with van der Waals surface area (Å²) in [5, 5.41) is 15.9. The van der Waals surface area contributed by atoms with Gasteiger partial charge in [0.1, 0.15) is 6.61 Å². The number of para-hydroxylation sites is 2. The highest BCUT2D eigenvalue weighted by atomic mass is 32.1. The van der Waals surface area contributed by atoms with Crippen molar-refractivity contribution in [3.8, 4) is 22.8 Å². The fourth-order valence-electron chi connectivity index (χ4n) is 2.76. The molecule has 2 heterocycles. The highest BCUT2D eigenvalue weighted by Crippen LogP contribution is 2.32. The van der Waals surface area contributed by atoms with Crippen molar-refractivity contribution in [2.75, 3.05) is 11.9 Å². The molecule has 3 aromatic rings. The number of nitro benzene ring substituents is 1. The molecule has 28 heavy (non-hydrogen) atoms. The first kappa shape index (κ1) is 17.9. The largest absolute Gasteiger partial charge is 0.485 e. The lowest BCUT2D eigenvalue weighted by molar-refractivity contribution is -0.385. The summed E-state index contributed by atoms with van der Waals surface area (Å²) in [5.74, 6) is 0.745. The van der Waals surface area contributed by atoms with Crippen LogP contribution < -0.4 is 14.8 Å². The molecule has 1 amide bonds. The van der Waals surface area contributed by atoms with E-state index in [1.807, 2.05) is 6.07 Å². The van der Waals surface area contributed by atoms with Crippen LogP contribution in [0.4, 0.5) is 10.8 Å². The fraction of sp³-hybridized carbons (Fsp3) is 0.158. The zero-order valence-electron chi connectivity index (χ0n) is 14.7. The minimum atomic E-state index is -0.789. The third-order valence-electron chi connectivity index (χ3n) is 4.24. The molecular formula is C19H15N3O5S. The van der Waals surface area contributed by atoms with Crippen molar-refractivity contribution in [2.24, 2.45) is 0 Å². The number of nitro groups is 1. The molecule has 0 bridgehead atoms. The molecule has 1 atom stereocenters. The Balaban J connectivity index is 1.48. The van der Waals surface area contributed by atoms with Gasteiger partial charge in [-0.3, -0.25) is 20.2 Å². The van der Waals surface area contributed by atoms with Crippen LogP contribution in [0.1, 0.15) is 5.56 Å². The van der Waals surface area contributed by atoms with Gasteiger partial charge in [-0.2, -0.15) is 0 Å².